The van der Waals surface area contributed by atoms with Gasteiger partial charge in [0.25, 0.3) is 5.91 Å². The Hall–Kier alpha value is -3.34. The van der Waals surface area contributed by atoms with Gasteiger partial charge in [0, 0.05) is 30.2 Å². The van der Waals surface area contributed by atoms with Crippen molar-refractivity contribution >= 4 is 27.8 Å². The Kier molecular flexibility index (Phi) is 4.27. The zero-order valence-electron chi connectivity index (χ0n) is 14.1. The number of para-hydroxylation sites is 2. The monoisotopic (exact) mass is 346 g/mol. The maximum absolute atomic E-state index is 12.3. The summed E-state index contributed by atoms with van der Waals surface area (Å²) < 4.78 is 7.37. The molecule has 0 saturated heterocycles. The number of rotatable bonds is 5. The molecule has 0 atom stereocenters. The van der Waals surface area contributed by atoms with E-state index in [2.05, 4.69) is 28.1 Å². The Morgan fingerprint density at radius 1 is 1.00 bits per heavy atom. The third-order valence-corrected chi connectivity index (χ3v) is 4.43. The second-order valence-corrected chi connectivity index (χ2v) is 6.16. The number of hydrogen-bond acceptors (Lipinski definition) is 3. The van der Waals surface area contributed by atoms with E-state index >= 15 is 0 Å². The molecule has 2 heterocycles. The normalized spacial score (nSPS) is 11.1. The van der Waals surface area contributed by atoms with Crippen molar-refractivity contribution in [2.75, 3.05) is 6.54 Å². The highest BCUT2D eigenvalue weighted by Crippen LogP contribution is 2.15. The number of aryl methyl sites for hydroxylation is 1. The van der Waals surface area contributed by atoms with E-state index in [4.69, 9.17) is 4.42 Å². The van der Waals surface area contributed by atoms with Crippen molar-refractivity contribution in [1.29, 1.82) is 0 Å². The second kappa shape index (κ2) is 6.88. The highest BCUT2D eigenvalue weighted by atomic mass is 16.4. The highest BCUT2D eigenvalue weighted by molar-refractivity contribution is 5.96. The minimum atomic E-state index is -0.613. The highest BCUT2D eigenvalue weighted by Gasteiger charge is 2.13. The van der Waals surface area contributed by atoms with Crippen LogP contribution in [-0.4, -0.2) is 17.0 Å². The van der Waals surface area contributed by atoms with Gasteiger partial charge in [-0.1, -0.05) is 36.4 Å². The van der Waals surface area contributed by atoms with Gasteiger partial charge in [0.15, 0.2) is 0 Å². The summed E-state index contributed by atoms with van der Waals surface area (Å²) in [5, 5.41) is 4.73. The Morgan fingerprint density at radius 2 is 1.77 bits per heavy atom. The summed E-state index contributed by atoms with van der Waals surface area (Å²) in [7, 11) is 0. The topological polar surface area (TPSA) is 64.2 Å². The molecule has 5 nitrogen and oxygen atoms in total. The third-order valence-electron chi connectivity index (χ3n) is 4.43. The van der Waals surface area contributed by atoms with Crippen molar-refractivity contribution in [2.24, 2.45) is 0 Å². The van der Waals surface area contributed by atoms with Gasteiger partial charge in [0.05, 0.1) is 0 Å². The van der Waals surface area contributed by atoms with Crippen molar-refractivity contribution in [3.8, 4) is 0 Å². The van der Waals surface area contributed by atoms with Crippen molar-refractivity contribution in [2.45, 2.75) is 13.0 Å². The molecular formula is C21H18N2O3. The lowest BCUT2D eigenvalue weighted by Gasteiger charge is -2.07. The molecule has 0 fully saturated rings. The summed E-state index contributed by atoms with van der Waals surface area (Å²) in [6.45, 7) is 1.28. The van der Waals surface area contributed by atoms with E-state index in [9.17, 15) is 9.59 Å². The Balaban J connectivity index is 1.40. The van der Waals surface area contributed by atoms with Crippen LogP contribution < -0.4 is 10.9 Å². The number of carbonyl (C=O) groups excluding carboxylic acids is 1. The van der Waals surface area contributed by atoms with Crippen LogP contribution in [0.3, 0.4) is 0 Å². The van der Waals surface area contributed by atoms with Crippen LogP contribution in [0.5, 0.6) is 0 Å². The lowest BCUT2D eigenvalue weighted by atomic mass is 10.2. The molecule has 0 aliphatic carbocycles. The SMILES string of the molecule is O=C(NCCCn1ccc2ccccc21)c1cc2ccccc2oc1=O. The van der Waals surface area contributed by atoms with E-state index in [0.29, 0.717) is 12.1 Å². The van der Waals surface area contributed by atoms with Gasteiger partial charge in [0.2, 0.25) is 0 Å². The summed E-state index contributed by atoms with van der Waals surface area (Å²) in [6.07, 6.45) is 2.81. The minimum Gasteiger partial charge on any atom is -0.422 e. The predicted octanol–water partition coefficient (Wildman–Crippen LogP) is 3.57. The maximum atomic E-state index is 12.3. The van der Waals surface area contributed by atoms with Gasteiger partial charge >= 0.3 is 5.63 Å². The van der Waals surface area contributed by atoms with Crippen LogP contribution in [0.15, 0.2) is 76.1 Å². The first-order chi connectivity index (χ1) is 12.7. The summed E-state index contributed by atoms with van der Waals surface area (Å²) in [4.78, 5) is 24.3. The molecule has 130 valence electrons. The first-order valence-electron chi connectivity index (χ1n) is 8.57. The van der Waals surface area contributed by atoms with Crippen LogP contribution in [0, 0.1) is 0 Å². The molecule has 0 bridgehead atoms. The van der Waals surface area contributed by atoms with Crippen LogP contribution >= 0.6 is 0 Å². The Labute approximate surface area is 149 Å². The van der Waals surface area contributed by atoms with Crippen LogP contribution in [0.25, 0.3) is 21.9 Å². The fraction of sp³-hybridized carbons (Fsp3) is 0.143. The number of aromatic nitrogens is 1. The van der Waals surface area contributed by atoms with Gasteiger partial charge < -0.3 is 14.3 Å². The molecule has 4 aromatic rings. The van der Waals surface area contributed by atoms with Gasteiger partial charge in [-0.15, -0.1) is 0 Å². The number of hydrogen-bond donors (Lipinski definition) is 1. The van der Waals surface area contributed by atoms with E-state index < -0.39 is 11.5 Å². The van der Waals surface area contributed by atoms with E-state index in [0.717, 1.165) is 18.4 Å². The maximum Gasteiger partial charge on any atom is 0.349 e. The zero-order chi connectivity index (χ0) is 17.9. The number of nitrogens with one attached hydrogen (secondary N) is 1. The molecule has 1 N–H and O–H groups in total. The molecule has 5 heteroatoms. The zero-order valence-corrected chi connectivity index (χ0v) is 14.1. The predicted molar refractivity (Wildman–Crippen MR) is 101 cm³/mol. The summed E-state index contributed by atoms with van der Waals surface area (Å²) in [5.41, 5.74) is 1.08. The molecule has 0 unspecified atom stereocenters. The largest absolute Gasteiger partial charge is 0.422 e. The number of fused-ring (bicyclic) bond motifs is 2. The lowest BCUT2D eigenvalue weighted by Crippen LogP contribution is -2.29. The van der Waals surface area contributed by atoms with Gasteiger partial charge in [0.1, 0.15) is 11.1 Å². The van der Waals surface area contributed by atoms with Crippen molar-refractivity contribution < 1.29 is 9.21 Å². The molecule has 26 heavy (non-hydrogen) atoms. The van der Waals surface area contributed by atoms with Gasteiger partial charge in [-0.2, -0.15) is 0 Å². The molecule has 2 aromatic heterocycles. The lowest BCUT2D eigenvalue weighted by molar-refractivity contribution is 0.0949. The first kappa shape index (κ1) is 16.1. The van der Waals surface area contributed by atoms with Gasteiger partial charge in [-0.25, -0.2) is 4.79 Å². The van der Waals surface area contributed by atoms with E-state index in [1.54, 1.807) is 18.2 Å². The third kappa shape index (κ3) is 3.11. The average molecular weight is 346 g/mol. The van der Waals surface area contributed by atoms with Crippen LogP contribution in [-0.2, 0) is 6.54 Å². The van der Waals surface area contributed by atoms with Crippen LogP contribution in [0.2, 0.25) is 0 Å². The summed E-state index contributed by atoms with van der Waals surface area (Å²) in [6, 6.07) is 19.0. The van der Waals surface area contributed by atoms with Crippen LogP contribution in [0.1, 0.15) is 16.8 Å². The van der Waals surface area contributed by atoms with Gasteiger partial charge in [-0.3, -0.25) is 4.79 Å². The molecule has 0 aliphatic heterocycles. The van der Waals surface area contributed by atoms with Crippen LogP contribution in [0.4, 0.5) is 0 Å². The molecule has 1 amide bonds. The molecule has 0 spiro atoms. The summed E-state index contributed by atoms with van der Waals surface area (Å²) >= 11 is 0. The average Bonchev–Trinajstić information content (AvgIpc) is 3.07. The van der Waals surface area contributed by atoms with E-state index in [1.165, 1.54) is 10.9 Å². The fourth-order valence-electron chi connectivity index (χ4n) is 3.10. The van der Waals surface area contributed by atoms with Crippen molar-refractivity contribution in [3.63, 3.8) is 0 Å². The van der Waals surface area contributed by atoms with Gasteiger partial charge in [-0.05, 0) is 36.1 Å². The van der Waals surface area contributed by atoms with Crippen molar-refractivity contribution in [1.82, 2.24) is 9.88 Å². The molecular weight excluding hydrogens is 328 g/mol. The number of nitrogens with zero attached hydrogens (tertiary/aromatic N) is 1. The standard InChI is InChI=1S/C21H18N2O3/c24-20(17-14-16-7-2-4-9-19(16)26-21(17)25)22-11-5-12-23-13-10-15-6-1-3-8-18(15)23/h1-4,6-10,13-14H,5,11-12H2,(H,22,24). The van der Waals surface area contributed by atoms with E-state index in [-0.39, 0.29) is 5.56 Å². The first-order valence-corrected chi connectivity index (χ1v) is 8.57. The Morgan fingerprint density at radius 3 is 2.65 bits per heavy atom. The fourth-order valence-corrected chi connectivity index (χ4v) is 3.10. The molecule has 2 aromatic carbocycles. The molecule has 0 aliphatic rings. The minimum absolute atomic E-state index is 0.0371. The number of benzene rings is 2. The quantitative estimate of drug-likeness (QED) is 0.444. The summed E-state index contributed by atoms with van der Waals surface area (Å²) in [5.74, 6) is -0.401. The molecule has 0 saturated carbocycles. The van der Waals surface area contributed by atoms with E-state index in [1.807, 2.05) is 30.5 Å². The Bertz CT molecular complexity index is 1140. The van der Waals surface area contributed by atoms with Crippen molar-refractivity contribution in [3.05, 3.63) is 82.8 Å². The molecule has 4 rings (SSSR count). The number of amides is 1. The smallest absolute Gasteiger partial charge is 0.349 e. The second-order valence-electron chi connectivity index (χ2n) is 6.16. The molecule has 0 radical (unpaired) electrons. The number of carbonyl (C=O) groups is 1.